The zero-order valence-electron chi connectivity index (χ0n) is 15.5. The number of nitrogens with one attached hydrogen (secondary N) is 2. The predicted molar refractivity (Wildman–Crippen MR) is 107 cm³/mol. The molecule has 1 aromatic carbocycles. The van der Waals surface area contributed by atoms with E-state index in [1.165, 1.54) is 30.7 Å². The normalized spacial score (nSPS) is 19.5. The van der Waals surface area contributed by atoms with Crippen LogP contribution in [0.1, 0.15) is 45.4 Å². The van der Waals surface area contributed by atoms with Crippen molar-refractivity contribution in [2.24, 2.45) is 5.92 Å². The van der Waals surface area contributed by atoms with Gasteiger partial charge in [-0.25, -0.2) is 8.42 Å². The molecule has 1 aromatic rings. The van der Waals surface area contributed by atoms with Gasteiger partial charge in [0, 0.05) is 16.9 Å². The van der Waals surface area contributed by atoms with E-state index in [-0.39, 0.29) is 28.5 Å². The number of rotatable bonds is 5. The molecule has 8 heteroatoms. The Bertz CT molecular complexity index is 815. The van der Waals surface area contributed by atoms with E-state index in [9.17, 15) is 18.0 Å². The van der Waals surface area contributed by atoms with E-state index < -0.39 is 15.8 Å². The summed E-state index contributed by atoms with van der Waals surface area (Å²) in [5.41, 5.74) is 0.521. The number of carbonyl (C=O) groups excluding carboxylic acids is 2. The molecule has 2 aliphatic rings. The summed E-state index contributed by atoms with van der Waals surface area (Å²) in [6.07, 6.45) is 6.54. The Kier molecular flexibility index (Phi) is 6.47. The van der Waals surface area contributed by atoms with Crippen LogP contribution in [0.2, 0.25) is 0 Å². The highest BCUT2D eigenvalue weighted by molar-refractivity contribution is 8.00. The van der Waals surface area contributed by atoms with Crippen molar-refractivity contribution in [2.45, 2.75) is 61.3 Å². The van der Waals surface area contributed by atoms with E-state index in [1.54, 1.807) is 19.1 Å². The van der Waals surface area contributed by atoms with Crippen molar-refractivity contribution >= 4 is 39.1 Å². The van der Waals surface area contributed by atoms with Gasteiger partial charge in [-0.2, -0.15) is 0 Å². The summed E-state index contributed by atoms with van der Waals surface area (Å²) in [6, 6.07) is 4.91. The lowest BCUT2D eigenvalue weighted by Gasteiger charge is -2.20. The van der Waals surface area contributed by atoms with Crippen molar-refractivity contribution in [2.75, 3.05) is 16.8 Å². The van der Waals surface area contributed by atoms with E-state index >= 15 is 0 Å². The van der Waals surface area contributed by atoms with Crippen LogP contribution in [0.5, 0.6) is 0 Å². The second-order valence-electron chi connectivity index (χ2n) is 7.37. The Morgan fingerprint density at radius 2 is 1.96 bits per heavy atom. The van der Waals surface area contributed by atoms with Crippen molar-refractivity contribution < 1.29 is 18.0 Å². The Balaban J connectivity index is 1.65. The van der Waals surface area contributed by atoms with Gasteiger partial charge in [-0.05, 0) is 31.0 Å². The highest BCUT2D eigenvalue weighted by atomic mass is 32.2. The van der Waals surface area contributed by atoms with Crippen LogP contribution in [-0.2, 0) is 19.4 Å². The molecule has 1 heterocycles. The van der Waals surface area contributed by atoms with Crippen LogP contribution in [0.25, 0.3) is 0 Å². The Morgan fingerprint density at radius 3 is 2.67 bits per heavy atom. The first-order valence-electron chi connectivity index (χ1n) is 9.45. The quantitative estimate of drug-likeness (QED) is 0.728. The summed E-state index contributed by atoms with van der Waals surface area (Å²) < 4.78 is 25.5. The molecule has 1 saturated carbocycles. The highest BCUT2D eigenvalue weighted by Gasteiger charge is 2.26. The lowest BCUT2D eigenvalue weighted by molar-refractivity contribution is -0.124. The largest absolute Gasteiger partial charge is 0.353 e. The number of amides is 2. The molecule has 1 atom stereocenters. The van der Waals surface area contributed by atoms with Gasteiger partial charge in [-0.1, -0.05) is 32.6 Å². The molecular weight excluding hydrogens is 384 g/mol. The molecular formula is C19H26N2O4S2. The zero-order valence-corrected chi connectivity index (χ0v) is 17.1. The van der Waals surface area contributed by atoms with Gasteiger partial charge >= 0.3 is 0 Å². The maximum absolute atomic E-state index is 12.8. The van der Waals surface area contributed by atoms with Gasteiger partial charge in [-0.3, -0.25) is 9.59 Å². The number of hydrogen-bond acceptors (Lipinski definition) is 5. The fraction of sp³-hybridized carbons (Fsp3) is 0.579. The minimum Gasteiger partial charge on any atom is -0.353 e. The van der Waals surface area contributed by atoms with E-state index in [4.69, 9.17) is 0 Å². The summed E-state index contributed by atoms with van der Waals surface area (Å²) in [6.45, 7) is 1.65. The second-order valence-corrected chi connectivity index (χ2v) is 10.4. The van der Waals surface area contributed by atoms with E-state index in [0.717, 1.165) is 30.6 Å². The number of anilines is 1. The Labute approximate surface area is 164 Å². The third-order valence-corrected chi connectivity index (χ3v) is 8.05. The van der Waals surface area contributed by atoms with Gasteiger partial charge in [0.05, 0.1) is 22.1 Å². The molecule has 0 saturated heterocycles. The standard InChI is InChI=1S/C19H26N2O4S2/c1-13(19(23)20-14-6-4-2-3-5-7-14)12-27(24,25)15-8-9-17-16(10-15)21-18(22)11-26-17/h8-10,13-14H,2-7,11-12H2,1H3,(H,20,23)(H,21,22)/t13-/m1/s1. The van der Waals surface area contributed by atoms with Crippen LogP contribution >= 0.6 is 11.8 Å². The molecule has 2 N–H and O–H groups in total. The molecule has 27 heavy (non-hydrogen) atoms. The zero-order chi connectivity index (χ0) is 19.4. The van der Waals surface area contributed by atoms with Crippen molar-refractivity contribution in [1.82, 2.24) is 5.32 Å². The molecule has 0 aromatic heterocycles. The first-order valence-corrected chi connectivity index (χ1v) is 12.1. The molecule has 6 nitrogen and oxygen atoms in total. The lowest BCUT2D eigenvalue weighted by Crippen LogP contribution is -2.39. The van der Waals surface area contributed by atoms with Crippen molar-refractivity contribution in [3.8, 4) is 0 Å². The van der Waals surface area contributed by atoms with Crippen molar-refractivity contribution in [1.29, 1.82) is 0 Å². The minimum atomic E-state index is -3.62. The van der Waals surface area contributed by atoms with Gasteiger partial charge < -0.3 is 10.6 Å². The molecule has 1 aliphatic carbocycles. The average Bonchev–Trinajstić information content (AvgIpc) is 2.89. The Morgan fingerprint density at radius 1 is 1.26 bits per heavy atom. The number of carbonyl (C=O) groups is 2. The molecule has 0 unspecified atom stereocenters. The molecule has 3 rings (SSSR count). The van der Waals surface area contributed by atoms with Gasteiger partial charge in [0.2, 0.25) is 11.8 Å². The van der Waals surface area contributed by atoms with Crippen LogP contribution in [0, 0.1) is 5.92 Å². The van der Waals surface area contributed by atoms with Crippen LogP contribution in [0.4, 0.5) is 5.69 Å². The van der Waals surface area contributed by atoms with Crippen molar-refractivity contribution in [3.63, 3.8) is 0 Å². The Hall–Kier alpha value is -1.54. The summed E-state index contributed by atoms with van der Waals surface area (Å²) >= 11 is 1.39. The van der Waals surface area contributed by atoms with Crippen LogP contribution in [0.3, 0.4) is 0 Å². The van der Waals surface area contributed by atoms with Gasteiger partial charge in [0.25, 0.3) is 0 Å². The topological polar surface area (TPSA) is 92.3 Å². The SMILES string of the molecule is C[C@H](CS(=O)(=O)c1ccc2c(c1)NC(=O)CS2)C(=O)NC1CCCCCC1. The number of sulfone groups is 1. The molecule has 148 valence electrons. The lowest BCUT2D eigenvalue weighted by atomic mass is 10.1. The minimum absolute atomic E-state index is 0.137. The first kappa shape index (κ1) is 20.2. The number of hydrogen-bond donors (Lipinski definition) is 2. The average molecular weight is 411 g/mol. The highest BCUT2D eigenvalue weighted by Crippen LogP contribution is 2.33. The van der Waals surface area contributed by atoms with Gasteiger partial charge in [0.15, 0.2) is 9.84 Å². The summed E-state index contributed by atoms with van der Waals surface area (Å²) in [5.74, 6) is -0.883. The van der Waals surface area contributed by atoms with Gasteiger partial charge in [0.1, 0.15) is 0 Å². The van der Waals surface area contributed by atoms with Gasteiger partial charge in [-0.15, -0.1) is 11.8 Å². The van der Waals surface area contributed by atoms with Crippen LogP contribution in [0.15, 0.2) is 28.0 Å². The number of fused-ring (bicyclic) bond motifs is 1. The van der Waals surface area contributed by atoms with Crippen molar-refractivity contribution in [3.05, 3.63) is 18.2 Å². The number of thioether (sulfide) groups is 1. The maximum atomic E-state index is 12.8. The fourth-order valence-electron chi connectivity index (χ4n) is 3.52. The maximum Gasteiger partial charge on any atom is 0.234 e. The van der Waals surface area contributed by atoms with Crippen LogP contribution < -0.4 is 10.6 Å². The monoisotopic (exact) mass is 410 g/mol. The molecule has 2 amide bonds. The molecule has 0 bridgehead atoms. The number of benzene rings is 1. The third-order valence-electron chi connectivity index (χ3n) is 5.06. The second kappa shape index (κ2) is 8.65. The fourth-order valence-corrected chi connectivity index (χ4v) is 5.89. The molecule has 0 spiro atoms. The van der Waals surface area contributed by atoms with E-state index in [1.807, 2.05) is 0 Å². The van der Waals surface area contributed by atoms with Crippen LogP contribution in [-0.4, -0.2) is 37.8 Å². The predicted octanol–water partition coefficient (Wildman–Crippen LogP) is 2.98. The molecule has 1 fully saturated rings. The third kappa shape index (κ3) is 5.25. The summed E-state index contributed by atoms with van der Waals surface area (Å²) in [4.78, 5) is 25.0. The van der Waals surface area contributed by atoms with E-state index in [2.05, 4.69) is 10.6 Å². The first-order chi connectivity index (χ1) is 12.8. The molecule has 0 radical (unpaired) electrons. The van der Waals surface area contributed by atoms with E-state index in [0.29, 0.717) is 11.4 Å². The summed E-state index contributed by atoms with van der Waals surface area (Å²) in [5, 5.41) is 5.73. The molecule has 1 aliphatic heterocycles. The summed E-state index contributed by atoms with van der Waals surface area (Å²) in [7, 11) is -3.62. The smallest absolute Gasteiger partial charge is 0.234 e.